The van der Waals surface area contributed by atoms with Crippen molar-refractivity contribution in [3.8, 4) is 5.75 Å². The van der Waals surface area contributed by atoms with Crippen LogP contribution in [0.3, 0.4) is 0 Å². The first-order chi connectivity index (χ1) is 7.88. The van der Waals surface area contributed by atoms with Gasteiger partial charge in [0.2, 0.25) is 0 Å². The molecular weight excluding hydrogens is 242 g/mol. The molecule has 2 aromatic rings. The van der Waals surface area contributed by atoms with Crippen LogP contribution in [0.4, 0.5) is 0 Å². The highest BCUT2D eigenvalue weighted by Gasteiger charge is 2.11. The summed E-state index contributed by atoms with van der Waals surface area (Å²) < 4.78 is 28.5. The third-order valence-corrected chi connectivity index (χ3v) is 2.84. The second kappa shape index (κ2) is 3.89. The molecule has 2 rings (SSSR count). The van der Waals surface area contributed by atoms with Gasteiger partial charge in [-0.05, 0) is 12.1 Å². The molecule has 0 aliphatic heterocycles. The van der Waals surface area contributed by atoms with Crippen LogP contribution in [0.5, 0.6) is 5.75 Å². The van der Waals surface area contributed by atoms with E-state index in [1.54, 1.807) is 31.3 Å². The van der Waals surface area contributed by atoms with Crippen molar-refractivity contribution in [2.75, 3.05) is 6.26 Å². The van der Waals surface area contributed by atoms with Crippen LogP contribution < -0.4 is 9.74 Å². The van der Waals surface area contributed by atoms with Gasteiger partial charge in [0.25, 0.3) is 5.56 Å². The molecule has 1 aromatic heterocycles. The zero-order valence-electron chi connectivity index (χ0n) is 9.38. The summed E-state index contributed by atoms with van der Waals surface area (Å²) in [5.74, 6) is 0.0613. The number of hydrogen-bond acceptors (Lipinski definition) is 4. The summed E-state index contributed by atoms with van der Waals surface area (Å²) in [6, 6.07) is 8.12. The third-order valence-electron chi connectivity index (χ3n) is 2.36. The lowest BCUT2D eigenvalue weighted by Crippen LogP contribution is -2.17. The van der Waals surface area contributed by atoms with E-state index >= 15 is 0 Å². The van der Waals surface area contributed by atoms with Gasteiger partial charge in [-0.3, -0.25) is 4.79 Å². The number of nitrogens with zero attached hydrogens (tertiary/aromatic N) is 1. The molecule has 0 radical (unpaired) electrons. The highest BCUT2D eigenvalue weighted by Crippen LogP contribution is 2.23. The van der Waals surface area contributed by atoms with Gasteiger partial charge in [0.15, 0.2) is 5.75 Å². The molecule has 0 aliphatic carbocycles. The number of para-hydroxylation sites is 1. The summed E-state index contributed by atoms with van der Waals surface area (Å²) in [5.41, 5.74) is 0.306. The molecule has 90 valence electrons. The lowest BCUT2D eigenvalue weighted by atomic mass is 10.2. The first-order valence-corrected chi connectivity index (χ1v) is 6.68. The van der Waals surface area contributed by atoms with Crippen molar-refractivity contribution in [1.82, 2.24) is 4.57 Å². The molecule has 0 atom stereocenters. The summed E-state index contributed by atoms with van der Waals surface area (Å²) in [7, 11) is -2.03. The van der Waals surface area contributed by atoms with Gasteiger partial charge in [-0.2, -0.15) is 8.42 Å². The highest BCUT2D eigenvalue weighted by molar-refractivity contribution is 7.86. The van der Waals surface area contributed by atoms with Crippen molar-refractivity contribution in [2.24, 2.45) is 7.05 Å². The zero-order chi connectivity index (χ0) is 12.6. The minimum atomic E-state index is -3.65. The molecule has 1 aromatic carbocycles. The minimum absolute atomic E-state index is 0.0613. The molecule has 0 saturated heterocycles. The van der Waals surface area contributed by atoms with Crippen molar-refractivity contribution >= 4 is 21.0 Å². The van der Waals surface area contributed by atoms with E-state index in [9.17, 15) is 13.2 Å². The zero-order valence-corrected chi connectivity index (χ0v) is 10.2. The second-order valence-corrected chi connectivity index (χ2v) is 5.29. The number of pyridine rings is 1. The molecule has 6 heteroatoms. The minimum Gasteiger partial charge on any atom is -0.382 e. The molecule has 17 heavy (non-hydrogen) atoms. The van der Waals surface area contributed by atoms with Crippen molar-refractivity contribution in [1.29, 1.82) is 0 Å². The van der Waals surface area contributed by atoms with Gasteiger partial charge < -0.3 is 8.75 Å². The predicted octanol–water partition coefficient (Wildman–Crippen LogP) is 0.877. The lowest BCUT2D eigenvalue weighted by Gasteiger charge is -2.09. The SMILES string of the molecule is Cn1c(=O)cc(OS(C)(=O)=O)c2ccccc21. The monoisotopic (exact) mass is 253 g/mol. The molecular formula is C11H11NO4S. The van der Waals surface area contributed by atoms with E-state index in [1.165, 1.54) is 10.6 Å². The maximum absolute atomic E-state index is 11.6. The maximum Gasteiger partial charge on any atom is 0.306 e. The predicted molar refractivity (Wildman–Crippen MR) is 64.7 cm³/mol. The number of aryl methyl sites for hydroxylation is 1. The molecule has 0 saturated carbocycles. The van der Waals surface area contributed by atoms with Gasteiger partial charge in [-0.25, -0.2) is 0 Å². The average molecular weight is 253 g/mol. The Kier molecular flexibility index (Phi) is 2.66. The maximum atomic E-state index is 11.6. The van der Waals surface area contributed by atoms with Gasteiger partial charge >= 0.3 is 10.1 Å². The lowest BCUT2D eigenvalue weighted by molar-refractivity contribution is 0.495. The molecule has 0 N–H and O–H groups in total. The quantitative estimate of drug-likeness (QED) is 0.745. The van der Waals surface area contributed by atoms with E-state index in [0.717, 1.165) is 6.26 Å². The Labute approximate surface area is 98.4 Å². The van der Waals surface area contributed by atoms with Crippen LogP contribution in [-0.4, -0.2) is 19.2 Å². The molecule has 5 nitrogen and oxygen atoms in total. The number of rotatable bonds is 2. The number of hydrogen-bond donors (Lipinski definition) is 0. The molecule has 0 aliphatic rings. The summed E-state index contributed by atoms with van der Waals surface area (Å²) in [4.78, 5) is 11.6. The van der Waals surface area contributed by atoms with Crippen LogP contribution in [0.15, 0.2) is 35.1 Å². The Balaban J connectivity index is 2.81. The fourth-order valence-electron chi connectivity index (χ4n) is 1.61. The largest absolute Gasteiger partial charge is 0.382 e. The fraction of sp³-hybridized carbons (Fsp3) is 0.182. The first kappa shape index (κ1) is 11.7. The average Bonchev–Trinajstić information content (AvgIpc) is 2.24. The smallest absolute Gasteiger partial charge is 0.306 e. The van der Waals surface area contributed by atoms with Crippen LogP contribution in [0, 0.1) is 0 Å². The van der Waals surface area contributed by atoms with Crippen molar-refractivity contribution < 1.29 is 12.6 Å². The first-order valence-electron chi connectivity index (χ1n) is 4.87. The van der Waals surface area contributed by atoms with Gasteiger partial charge in [0.1, 0.15) is 0 Å². The Morgan fingerprint density at radius 1 is 1.24 bits per heavy atom. The highest BCUT2D eigenvalue weighted by atomic mass is 32.2. The standard InChI is InChI=1S/C11H11NO4S/c1-12-9-6-4-3-5-8(9)10(7-11(12)13)16-17(2,14)15/h3-7H,1-2H3. The van der Waals surface area contributed by atoms with E-state index in [2.05, 4.69) is 0 Å². The van der Waals surface area contributed by atoms with Gasteiger partial charge in [-0.1, -0.05) is 12.1 Å². The normalized spacial score (nSPS) is 11.6. The van der Waals surface area contributed by atoms with E-state index in [4.69, 9.17) is 4.18 Å². The molecule has 0 unspecified atom stereocenters. The van der Waals surface area contributed by atoms with Gasteiger partial charge in [0.05, 0.1) is 11.8 Å². The van der Waals surface area contributed by atoms with Gasteiger partial charge in [0, 0.05) is 18.5 Å². The Morgan fingerprint density at radius 3 is 2.53 bits per heavy atom. The van der Waals surface area contributed by atoms with Crippen LogP contribution >= 0.6 is 0 Å². The van der Waals surface area contributed by atoms with Gasteiger partial charge in [-0.15, -0.1) is 0 Å². The Bertz CT molecular complexity index is 731. The molecule has 0 fully saturated rings. The molecule has 1 heterocycles. The summed E-state index contributed by atoms with van der Waals surface area (Å²) >= 11 is 0. The van der Waals surface area contributed by atoms with Crippen LogP contribution in [0.25, 0.3) is 10.9 Å². The van der Waals surface area contributed by atoms with Crippen LogP contribution in [-0.2, 0) is 17.2 Å². The third kappa shape index (κ3) is 2.31. The van der Waals surface area contributed by atoms with Crippen molar-refractivity contribution in [3.05, 3.63) is 40.7 Å². The molecule has 0 bridgehead atoms. The van der Waals surface area contributed by atoms with E-state index in [1.807, 2.05) is 0 Å². The molecule has 0 amide bonds. The van der Waals surface area contributed by atoms with Crippen LogP contribution in [0.2, 0.25) is 0 Å². The Morgan fingerprint density at radius 2 is 1.88 bits per heavy atom. The van der Waals surface area contributed by atoms with E-state index in [-0.39, 0.29) is 11.3 Å². The summed E-state index contributed by atoms with van der Waals surface area (Å²) in [6.45, 7) is 0. The van der Waals surface area contributed by atoms with Crippen LogP contribution in [0.1, 0.15) is 0 Å². The number of benzene rings is 1. The topological polar surface area (TPSA) is 65.4 Å². The Hall–Kier alpha value is -1.82. The van der Waals surface area contributed by atoms with Crippen molar-refractivity contribution in [3.63, 3.8) is 0 Å². The number of aromatic nitrogens is 1. The molecule has 0 spiro atoms. The van der Waals surface area contributed by atoms with E-state index < -0.39 is 10.1 Å². The summed E-state index contributed by atoms with van der Waals surface area (Å²) in [6.07, 6.45) is 0.944. The second-order valence-electron chi connectivity index (χ2n) is 3.71. The number of fused-ring (bicyclic) bond motifs is 1. The fourth-order valence-corrected chi connectivity index (χ4v) is 2.08. The van der Waals surface area contributed by atoms with E-state index in [0.29, 0.717) is 10.9 Å². The van der Waals surface area contributed by atoms with Crippen molar-refractivity contribution in [2.45, 2.75) is 0 Å². The summed E-state index contributed by atoms with van der Waals surface area (Å²) in [5, 5.41) is 0.583.